The number of hydrazine groups is 1. The van der Waals surface area contributed by atoms with Crippen molar-refractivity contribution < 1.29 is 9.13 Å². The van der Waals surface area contributed by atoms with Crippen LogP contribution in [0.3, 0.4) is 0 Å². The minimum atomic E-state index is -0.510. The Labute approximate surface area is 98.7 Å². The number of ether oxygens (including phenoxy) is 1. The van der Waals surface area contributed by atoms with Crippen LogP contribution in [0.1, 0.15) is 20.3 Å². The molecule has 0 bridgehead atoms. The first-order chi connectivity index (χ1) is 8.05. The van der Waals surface area contributed by atoms with E-state index in [1.807, 2.05) is 13.8 Å². The summed E-state index contributed by atoms with van der Waals surface area (Å²) in [6.07, 6.45) is 1.86. The van der Waals surface area contributed by atoms with Crippen LogP contribution in [-0.4, -0.2) is 28.2 Å². The lowest BCUT2D eigenvalue weighted by Crippen LogP contribution is -2.41. The molecular weight excluding hydrogens is 225 g/mol. The first-order valence-corrected chi connectivity index (χ1v) is 5.44. The Bertz CT molecular complexity index is 416. The molecule has 0 radical (unpaired) electrons. The number of nitrogen functional groups attached to an aromatic ring is 1. The molecule has 6 nitrogen and oxygen atoms in total. The third-order valence-electron chi connectivity index (χ3n) is 3.16. The molecule has 0 aromatic carbocycles. The van der Waals surface area contributed by atoms with Crippen LogP contribution < -0.4 is 16.6 Å². The molecular formula is C10H16FN5O. The fourth-order valence-electron chi connectivity index (χ4n) is 1.79. The summed E-state index contributed by atoms with van der Waals surface area (Å²) in [6.45, 7) is 4.57. The zero-order valence-corrected chi connectivity index (χ0v) is 9.83. The minimum Gasteiger partial charge on any atom is -0.376 e. The van der Waals surface area contributed by atoms with Crippen LogP contribution in [-0.2, 0) is 4.74 Å². The molecule has 94 valence electrons. The van der Waals surface area contributed by atoms with E-state index in [9.17, 15) is 4.39 Å². The van der Waals surface area contributed by atoms with Crippen molar-refractivity contribution in [3.63, 3.8) is 0 Å². The van der Waals surface area contributed by atoms with Crippen LogP contribution in [0.15, 0.2) is 6.20 Å². The summed E-state index contributed by atoms with van der Waals surface area (Å²) in [5, 5.41) is 3.06. The van der Waals surface area contributed by atoms with Crippen LogP contribution in [0.5, 0.6) is 0 Å². The number of rotatable bonds is 3. The topological polar surface area (TPSA) is 85.1 Å². The summed E-state index contributed by atoms with van der Waals surface area (Å²) >= 11 is 0. The Balaban J connectivity index is 2.23. The SMILES string of the molecule is CC1OCCC1(C)Nc1nc(NN)ncc1F. The van der Waals surface area contributed by atoms with E-state index in [1.54, 1.807) is 0 Å². The van der Waals surface area contributed by atoms with Crippen LogP contribution in [0.4, 0.5) is 16.2 Å². The van der Waals surface area contributed by atoms with Gasteiger partial charge in [0.15, 0.2) is 11.6 Å². The minimum absolute atomic E-state index is 0.00819. The molecule has 2 heterocycles. The number of aromatic nitrogens is 2. The molecule has 0 aliphatic carbocycles. The number of nitrogens with zero attached hydrogens (tertiary/aromatic N) is 2. The highest BCUT2D eigenvalue weighted by molar-refractivity contribution is 5.43. The second-order valence-corrected chi connectivity index (χ2v) is 4.34. The zero-order valence-electron chi connectivity index (χ0n) is 9.83. The van der Waals surface area contributed by atoms with Gasteiger partial charge in [-0.15, -0.1) is 0 Å². The normalized spacial score (nSPS) is 28.1. The van der Waals surface area contributed by atoms with E-state index in [4.69, 9.17) is 10.6 Å². The number of nitrogens with two attached hydrogens (primary N) is 1. The third kappa shape index (κ3) is 2.29. The van der Waals surface area contributed by atoms with Gasteiger partial charge in [0.25, 0.3) is 0 Å². The molecule has 4 N–H and O–H groups in total. The Kier molecular flexibility index (Phi) is 3.12. The van der Waals surface area contributed by atoms with Gasteiger partial charge in [0.1, 0.15) is 0 Å². The van der Waals surface area contributed by atoms with Gasteiger partial charge in [0, 0.05) is 6.61 Å². The molecule has 1 fully saturated rings. The molecule has 7 heteroatoms. The summed E-state index contributed by atoms with van der Waals surface area (Å²) < 4.78 is 19.0. The molecule has 0 amide bonds. The van der Waals surface area contributed by atoms with Crippen molar-refractivity contribution in [2.24, 2.45) is 5.84 Å². The largest absolute Gasteiger partial charge is 0.376 e. The number of hydrogen-bond donors (Lipinski definition) is 3. The predicted molar refractivity (Wildman–Crippen MR) is 61.9 cm³/mol. The lowest BCUT2D eigenvalue weighted by Gasteiger charge is -2.29. The van der Waals surface area contributed by atoms with Crippen molar-refractivity contribution in [2.45, 2.75) is 31.9 Å². The third-order valence-corrected chi connectivity index (χ3v) is 3.16. The number of halogens is 1. The van der Waals surface area contributed by atoms with Crippen molar-refractivity contribution >= 4 is 11.8 Å². The highest BCUT2D eigenvalue weighted by Crippen LogP contribution is 2.29. The lowest BCUT2D eigenvalue weighted by atomic mass is 9.95. The highest BCUT2D eigenvalue weighted by atomic mass is 19.1. The summed E-state index contributed by atoms with van der Waals surface area (Å²) in [6, 6.07) is 0. The second-order valence-electron chi connectivity index (χ2n) is 4.34. The number of hydrogen-bond acceptors (Lipinski definition) is 6. The predicted octanol–water partition coefficient (Wildman–Crippen LogP) is 0.881. The van der Waals surface area contributed by atoms with E-state index >= 15 is 0 Å². The van der Waals surface area contributed by atoms with Gasteiger partial charge in [-0.1, -0.05) is 0 Å². The van der Waals surface area contributed by atoms with E-state index in [-0.39, 0.29) is 23.4 Å². The van der Waals surface area contributed by atoms with Gasteiger partial charge in [-0.05, 0) is 20.3 Å². The molecule has 0 spiro atoms. The fourth-order valence-corrected chi connectivity index (χ4v) is 1.79. The molecule has 1 saturated heterocycles. The van der Waals surface area contributed by atoms with E-state index in [1.165, 1.54) is 0 Å². The Hall–Kier alpha value is -1.47. The Morgan fingerprint density at radius 3 is 3.00 bits per heavy atom. The molecule has 2 rings (SSSR count). The standard InChI is InChI=1S/C10H16FN5O/c1-6-10(2,3-4-17-6)15-8-7(11)5-13-9(14-8)16-12/h5-6H,3-4,12H2,1-2H3,(H2,13,14,15,16). The van der Waals surface area contributed by atoms with E-state index in [0.29, 0.717) is 6.61 Å². The van der Waals surface area contributed by atoms with Crippen molar-refractivity contribution in [3.05, 3.63) is 12.0 Å². The molecule has 1 aromatic heterocycles. The van der Waals surface area contributed by atoms with Gasteiger partial charge >= 0.3 is 0 Å². The second kappa shape index (κ2) is 4.42. The van der Waals surface area contributed by atoms with E-state index in [0.717, 1.165) is 12.6 Å². The van der Waals surface area contributed by atoms with Crippen LogP contribution in [0, 0.1) is 5.82 Å². The highest BCUT2D eigenvalue weighted by Gasteiger charge is 2.37. The quantitative estimate of drug-likeness (QED) is 0.538. The maximum absolute atomic E-state index is 13.6. The first-order valence-electron chi connectivity index (χ1n) is 5.44. The summed E-state index contributed by atoms with van der Waals surface area (Å²) in [5.74, 6) is 4.98. The zero-order chi connectivity index (χ0) is 12.5. The molecule has 2 atom stereocenters. The van der Waals surface area contributed by atoms with Crippen molar-refractivity contribution in [1.82, 2.24) is 9.97 Å². The van der Waals surface area contributed by atoms with E-state index < -0.39 is 5.82 Å². The van der Waals surface area contributed by atoms with Crippen LogP contribution >= 0.6 is 0 Å². The van der Waals surface area contributed by atoms with E-state index in [2.05, 4.69) is 20.7 Å². The Morgan fingerprint density at radius 2 is 2.41 bits per heavy atom. The van der Waals surface area contributed by atoms with Crippen molar-refractivity contribution in [3.8, 4) is 0 Å². The molecule has 1 aromatic rings. The summed E-state index contributed by atoms with van der Waals surface area (Å²) in [7, 11) is 0. The summed E-state index contributed by atoms with van der Waals surface area (Å²) in [5.41, 5.74) is 1.95. The van der Waals surface area contributed by atoms with Gasteiger partial charge in [0.2, 0.25) is 5.95 Å². The van der Waals surface area contributed by atoms with Gasteiger partial charge in [-0.2, -0.15) is 4.98 Å². The van der Waals surface area contributed by atoms with Gasteiger partial charge in [0.05, 0.1) is 17.8 Å². The average Bonchev–Trinajstić information content (AvgIpc) is 2.62. The van der Waals surface area contributed by atoms with Crippen molar-refractivity contribution in [1.29, 1.82) is 0 Å². The maximum Gasteiger partial charge on any atom is 0.239 e. The first kappa shape index (κ1) is 12.0. The summed E-state index contributed by atoms with van der Waals surface area (Å²) in [4.78, 5) is 7.63. The Morgan fingerprint density at radius 1 is 1.65 bits per heavy atom. The van der Waals surface area contributed by atoms with Gasteiger partial charge < -0.3 is 10.1 Å². The van der Waals surface area contributed by atoms with Crippen LogP contribution in [0.25, 0.3) is 0 Å². The van der Waals surface area contributed by atoms with Crippen molar-refractivity contribution in [2.75, 3.05) is 17.3 Å². The van der Waals surface area contributed by atoms with Gasteiger partial charge in [-0.3, -0.25) is 5.43 Å². The maximum atomic E-state index is 13.6. The average molecular weight is 241 g/mol. The monoisotopic (exact) mass is 241 g/mol. The van der Waals surface area contributed by atoms with Crippen LogP contribution in [0.2, 0.25) is 0 Å². The molecule has 2 unspecified atom stereocenters. The number of nitrogens with one attached hydrogen (secondary N) is 2. The lowest BCUT2D eigenvalue weighted by molar-refractivity contribution is 0.105. The fraction of sp³-hybridized carbons (Fsp3) is 0.600. The number of anilines is 2. The molecule has 17 heavy (non-hydrogen) atoms. The molecule has 0 saturated carbocycles. The molecule has 1 aliphatic heterocycles. The smallest absolute Gasteiger partial charge is 0.239 e. The van der Waals surface area contributed by atoms with Gasteiger partial charge in [-0.25, -0.2) is 15.2 Å². The molecule has 1 aliphatic rings.